The maximum atomic E-state index is 12.8. The number of nitrogens with zero attached hydrogens (tertiary/aromatic N) is 2. The molecule has 0 bridgehead atoms. The van der Waals surface area contributed by atoms with Gasteiger partial charge in [0.1, 0.15) is 5.82 Å². The highest BCUT2D eigenvalue weighted by molar-refractivity contribution is 5.70. The van der Waals surface area contributed by atoms with E-state index in [1.807, 2.05) is 0 Å². The third kappa shape index (κ3) is 3.43. The van der Waals surface area contributed by atoms with Crippen molar-refractivity contribution < 1.29 is 22.1 Å². The Morgan fingerprint density at radius 3 is 2.63 bits per heavy atom. The van der Waals surface area contributed by atoms with E-state index in [1.165, 1.54) is 6.07 Å². The first-order chi connectivity index (χ1) is 8.85. The normalized spacial score (nSPS) is 11.8. The van der Waals surface area contributed by atoms with Crippen molar-refractivity contribution in [3.63, 3.8) is 0 Å². The molecule has 8 heteroatoms. The fourth-order valence-corrected chi connectivity index (χ4v) is 1.45. The van der Waals surface area contributed by atoms with Gasteiger partial charge >= 0.3 is 6.18 Å². The van der Waals surface area contributed by atoms with Crippen LogP contribution in [0.5, 0.6) is 0 Å². The van der Waals surface area contributed by atoms with Crippen molar-refractivity contribution in [2.24, 2.45) is 0 Å². The van der Waals surface area contributed by atoms with Gasteiger partial charge in [-0.1, -0.05) is 5.16 Å². The summed E-state index contributed by atoms with van der Waals surface area (Å²) in [5.74, 6) is -0.635. The molecular formula is C11H9F4N3O. The predicted molar refractivity (Wildman–Crippen MR) is 58.5 cm³/mol. The van der Waals surface area contributed by atoms with Gasteiger partial charge in [0, 0.05) is 12.1 Å². The van der Waals surface area contributed by atoms with Crippen LogP contribution < -0.4 is 5.73 Å². The van der Waals surface area contributed by atoms with Crippen molar-refractivity contribution in [3.8, 4) is 11.5 Å². The zero-order chi connectivity index (χ0) is 14.0. The van der Waals surface area contributed by atoms with Crippen molar-refractivity contribution in [2.45, 2.75) is 19.0 Å². The van der Waals surface area contributed by atoms with Crippen LogP contribution >= 0.6 is 0 Å². The predicted octanol–water partition coefficient (Wildman–Crippen LogP) is 2.95. The number of aryl methyl sites for hydroxylation is 1. The summed E-state index contributed by atoms with van der Waals surface area (Å²) in [7, 11) is 0. The Morgan fingerprint density at radius 2 is 2.00 bits per heavy atom. The summed E-state index contributed by atoms with van der Waals surface area (Å²) in [6.45, 7) is 0. The summed E-state index contributed by atoms with van der Waals surface area (Å²) in [5, 5.41) is 3.42. The molecule has 102 valence electrons. The van der Waals surface area contributed by atoms with Crippen molar-refractivity contribution in [1.29, 1.82) is 0 Å². The van der Waals surface area contributed by atoms with Crippen LogP contribution in [-0.2, 0) is 6.42 Å². The van der Waals surface area contributed by atoms with Crippen LogP contribution in [0.3, 0.4) is 0 Å². The summed E-state index contributed by atoms with van der Waals surface area (Å²) in [6.07, 6.45) is -5.70. The lowest BCUT2D eigenvalue weighted by Crippen LogP contribution is -2.09. The van der Waals surface area contributed by atoms with E-state index in [2.05, 4.69) is 10.1 Å². The second kappa shape index (κ2) is 4.87. The van der Waals surface area contributed by atoms with Crippen molar-refractivity contribution in [2.75, 3.05) is 5.73 Å². The Labute approximate surface area is 105 Å². The molecule has 1 aromatic carbocycles. The molecule has 0 fully saturated rings. The molecular weight excluding hydrogens is 266 g/mol. The van der Waals surface area contributed by atoms with E-state index in [0.717, 1.165) is 12.1 Å². The average molecular weight is 275 g/mol. The molecule has 0 unspecified atom stereocenters. The second-order valence-corrected chi connectivity index (χ2v) is 3.86. The lowest BCUT2D eigenvalue weighted by Gasteiger charge is -2.02. The van der Waals surface area contributed by atoms with E-state index in [9.17, 15) is 17.6 Å². The van der Waals surface area contributed by atoms with E-state index in [0.29, 0.717) is 0 Å². The SMILES string of the molecule is Nc1cc(F)ccc1-c1nc(CCC(F)(F)F)no1. The number of aromatic nitrogens is 2. The number of hydrogen-bond donors (Lipinski definition) is 1. The van der Waals surface area contributed by atoms with Gasteiger partial charge in [0.15, 0.2) is 5.82 Å². The molecule has 0 spiro atoms. The minimum Gasteiger partial charge on any atom is -0.398 e. The fraction of sp³-hybridized carbons (Fsp3) is 0.273. The van der Waals surface area contributed by atoms with Crippen LogP contribution in [-0.4, -0.2) is 16.3 Å². The molecule has 2 rings (SSSR count). The number of benzene rings is 1. The number of hydrogen-bond acceptors (Lipinski definition) is 4. The van der Waals surface area contributed by atoms with Crippen molar-refractivity contribution in [3.05, 3.63) is 29.8 Å². The zero-order valence-electron chi connectivity index (χ0n) is 9.54. The van der Waals surface area contributed by atoms with Crippen molar-refractivity contribution in [1.82, 2.24) is 10.1 Å². The number of alkyl halides is 3. The van der Waals surface area contributed by atoms with Crippen LogP contribution in [0.1, 0.15) is 12.2 Å². The maximum absolute atomic E-state index is 12.8. The second-order valence-electron chi connectivity index (χ2n) is 3.86. The lowest BCUT2D eigenvalue weighted by molar-refractivity contribution is -0.134. The summed E-state index contributed by atoms with van der Waals surface area (Å²) in [5.41, 5.74) is 5.92. The Kier molecular flexibility index (Phi) is 3.41. The van der Waals surface area contributed by atoms with Crippen LogP contribution in [0.2, 0.25) is 0 Å². The van der Waals surface area contributed by atoms with Gasteiger partial charge in [0.2, 0.25) is 0 Å². The van der Waals surface area contributed by atoms with Gasteiger partial charge in [0.05, 0.1) is 12.0 Å². The summed E-state index contributed by atoms with van der Waals surface area (Å²) < 4.78 is 53.7. The van der Waals surface area contributed by atoms with Gasteiger partial charge in [-0.3, -0.25) is 0 Å². The van der Waals surface area contributed by atoms with Crippen LogP contribution in [0.4, 0.5) is 23.2 Å². The fourth-order valence-electron chi connectivity index (χ4n) is 1.45. The van der Waals surface area contributed by atoms with Gasteiger partial charge < -0.3 is 10.3 Å². The third-order valence-electron chi connectivity index (χ3n) is 2.34. The highest BCUT2D eigenvalue weighted by atomic mass is 19.4. The molecule has 0 saturated heterocycles. The lowest BCUT2D eigenvalue weighted by atomic mass is 10.2. The highest BCUT2D eigenvalue weighted by Gasteiger charge is 2.27. The molecule has 19 heavy (non-hydrogen) atoms. The minimum absolute atomic E-state index is 0.0327. The zero-order valence-corrected chi connectivity index (χ0v) is 9.54. The van der Waals surface area contributed by atoms with Crippen LogP contribution in [0.25, 0.3) is 11.5 Å². The van der Waals surface area contributed by atoms with E-state index < -0.39 is 18.4 Å². The minimum atomic E-state index is -4.28. The standard InChI is InChI=1S/C11H9F4N3O/c12-6-1-2-7(8(16)5-6)10-17-9(18-19-10)3-4-11(13,14)15/h1-2,5H,3-4,16H2. The Hall–Kier alpha value is -2.12. The Bertz CT molecular complexity index is 580. The third-order valence-corrected chi connectivity index (χ3v) is 2.34. The van der Waals surface area contributed by atoms with E-state index in [4.69, 9.17) is 10.3 Å². The summed E-state index contributed by atoms with van der Waals surface area (Å²) >= 11 is 0. The Morgan fingerprint density at radius 1 is 1.26 bits per heavy atom. The number of anilines is 1. The first kappa shape index (κ1) is 13.3. The monoisotopic (exact) mass is 275 g/mol. The average Bonchev–Trinajstić information content (AvgIpc) is 2.74. The quantitative estimate of drug-likeness (QED) is 0.691. The summed E-state index contributed by atoms with van der Waals surface area (Å²) in [6, 6.07) is 3.53. The molecule has 0 radical (unpaired) electrons. The van der Waals surface area contributed by atoms with Gasteiger partial charge in [-0.2, -0.15) is 18.2 Å². The smallest absolute Gasteiger partial charge is 0.389 e. The molecule has 4 nitrogen and oxygen atoms in total. The van der Waals surface area contributed by atoms with E-state index in [1.54, 1.807) is 0 Å². The van der Waals surface area contributed by atoms with Gasteiger partial charge in [-0.15, -0.1) is 0 Å². The first-order valence-corrected chi connectivity index (χ1v) is 5.30. The molecule has 0 aliphatic rings. The van der Waals surface area contributed by atoms with Crippen molar-refractivity contribution >= 4 is 5.69 Å². The Balaban J connectivity index is 2.16. The molecule has 0 atom stereocenters. The highest BCUT2D eigenvalue weighted by Crippen LogP contribution is 2.26. The molecule has 2 aromatic rings. The number of nitrogens with two attached hydrogens (primary N) is 1. The van der Waals surface area contributed by atoms with Crippen LogP contribution in [0.15, 0.2) is 22.7 Å². The number of rotatable bonds is 3. The maximum Gasteiger partial charge on any atom is 0.389 e. The van der Waals surface area contributed by atoms with Gasteiger partial charge in [-0.05, 0) is 18.2 Å². The first-order valence-electron chi connectivity index (χ1n) is 5.30. The van der Waals surface area contributed by atoms with Gasteiger partial charge in [0.25, 0.3) is 5.89 Å². The van der Waals surface area contributed by atoms with E-state index in [-0.39, 0.29) is 29.4 Å². The topological polar surface area (TPSA) is 64.9 Å². The van der Waals surface area contributed by atoms with Crippen LogP contribution in [0, 0.1) is 5.82 Å². The molecule has 1 heterocycles. The van der Waals surface area contributed by atoms with E-state index >= 15 is 0 Å². The molecule has 1 aromatic heterocycles. The molecule has 2 N–H and O–H groups in total. The molecule has 0 saturated carbocycles. The number of nitrogen functional groups attached to an aromatic ring is 1. The number of halogens is 4. The molecule has 0 aliphatic heterocycles. The largest absolute Gasteiger partial charge is 0.398 e. The molecule has 0 aliphatic carbocycles. The molecule has 0 amide bonds. The van der Waals surface area contributed by atoms with Gasteiger partial charge in [-0.25, -0.2) is 4.39 Å². The summed E-state index contributed by atoms with van der Waals surface area (Å²) in [4.78, 5) is 3.79.